The van der Waals surface area contributed by atoms with Gasteiger partial charge in [-0.1, -0.05) is 31.0 Å². The molecule has 1 aliphatic rings. The van der Waals surface area contributed by atoms with Gasteiger partial charge in [-0.3, -0.25) is 0 Å². The van der Waals surface area contributed by atoms with E-state index < -0.39 is 6.10 Å². The highest BCUT2D eigenvalue weighted by molar-refractivity contribution is 5.20. The largest absolute Gasteiger partial charge is 0.392 e. The fraction of sp³-hybridized carbons (Fsp3) is 0.571. The molecule has 0 amide bonds. The minimum atomic E-state index is -0.402. The van der Waals surface area contributed by atoms with Gasteiger partial charge >= 0.3 is 0 Å². The molecular weight excluding hydrogens is 217 g/mol. The van der Waals surface area contributed by atoms with Crippen LogP contribution in [0.3, 0.4) is 0 Å². The average molecular weight is 237 g/mol. The van der Waals surface area contributed by atoms with Crippen molar-refractivity contribution in [1.82, 2.24) is 0 Å². The predicted octanol–water partition coefficient (Wildman–Crippen LogP) is 2.25. The minimum Gasteiger partial charge on any atom is -0.392 e. The Hall–Kier alpha value is -0.930. The Morgan fingerprint density at radius 2 is 2.12 bits per heavy atom. The number of aliphatic hydroxyl groups excluding tert-OH is 1. The first-order valence-corrected chi connectivity index (χ1v) is 6.29. The van der Waals surface area contributed by atoms with Crippen molar-refractivity contribution in [3.05, 3.63) is 35.6 Å². The fourth-order valence-electron chi connectivity index (χ4n) is 2.83. The number of hydrogen-bond donors (Lipinski definition) is 2. The topological polar surface area (TPSA) is 46.2 Å². The van der Waals surface area contributed by atoms with Gasteiger partial charge in [0.25, 0.3) is 0 Å². The molecule has 2 atom stereocenters. The first-order chi connectivity index (χ1) is 8.18. The average Bonchev–Trinajstić information content (AvgIpc) is 2.35. The van der Waals surface area contributed by atoms with Gasteiger partial charge in [-0.15, -0.1) is 0 Å². The van der Waals surface area contributed by atoms with E-state index in [-0.39, 0.29) is 11.2 Å². The van der Waals surface area contributed by atoms with Gasteiger partial charge in [0, 0.05) is 12.0 Å². The molecule has 1 fully saturated rings. The van der Waals surface area contributed by atoms with Crippen LogP contribution in [0.25, 0.3) is 0 Å². The molecule has 0 aromatic heterocycles. The molecule has 0 aliphatic heterocycles. The van der Waals surface area contributed by atoms with Crippen molar-refractivity contribution in [2.45, 2.75) is 38.2 Å². The standard InChI is InChI=1S/C14H20FNO/c15-12-6-2-1-5-11(12)9-14(10-16)8-4-3-7-13(14)17/h1-2,5-6,13,17H,3-4,7-10,16H2. The van der Waals surface area contributed by atoms with Crippen LogP contribution < -0.4 is 5.73 Å². The molecule has 0 spiro atoms. The van der Waals surface area contributed by atoms with Crippen molar-refractivity contribution in [1.29, 1.82) is 0 Å². The van der Waals surface area contributed by atoms with E-state index in [9.17, 15) is 9.50 Å². The number of hydrogen-bond acceptors (Lipinski definition) is 2. The van der Waals surface area contributed by atoms with Gasteiger partial charge in [-0.25, -0.2) is 4.39 Å². The van der Waals surface area contributed by atoms with E-state index in [4.69, 9.17) is 5.73 Å². The lowest BCUT2D eigenvalue weighted by molar-refractivity contribution is -0.00630. The first-order valence-electron chi connectivity index (χ1n) is 6.29. The normalized spacial score (nSPS) is 29.2. The Balaban J connectivity index is 2.22. The maximum Gasteiger partial charge on any atom is 0.126 e. The van der Waals surface area contributed by atoms with Crippen LogP contribution in [0.4, 0.5) is 4.39 Å². The van der Waals surface area contributed by atoms with E-state index in [0.717, 1.165) is 25.7 Å². The van der Waals surface area contributed by atoms with E-state index in [1.807, 2.05) is 6.07 Å². The summed E-state index contributed by atoms with van der Waals surface area (Å²) in [6.07, 6.45) is 3.92. The molecule has 0 bridgehead atoms. The molecule has 1 saturated carbocycles. The summed E-state index contributed by atoms with van der Waals surface area (Å²) in [6, 6.07) is 6.77. The Labute approximate surface area is 102 Å². The van der Waals surface area contributed by atoms with Crippen molar-refractivity contribution in [3.63, 3.8) is 0 Å². The molecule has 2 unspecified atom stereocenters. The lowest BCUT2D eigenvalue weighted by atomic mass is 9.68. The zero-order valence-corrected chi connectivity index (χ0v) is 10.0. The van der Waals surface area contributed by atoms with Crippen LogP contribution in [0.5, 0.6) is 0 Å². The number of nitrogens with two attached hydrogens (primary N) is 1. The van der Waals surface area contributed by atoms with Crippen LogP contribution in [-0.4, -0.2) is 17.8 Å². The third kappa shape index (κ3) is 2.50. The van der Waals surface area contributed by atoms with Gasteiger partial charge in [-0.05, 0) is 30.9 Å². The molecule has 0 saturated heterocycles. The van der Waals surface area contributed by atoms with Crippen molar-refractivity contribution in [3.8, 4) is 0 Å². The van der Waals surface area contributed by atoms with Gasteiger partial charge in [-0.2, -0.15) is 0 Å². The molecule has 1 aliphatic carbocycles. The van der Waals surface area contributed by atoms with Crippen molar-refractivity contribution >= 4 is 0 Å². The first kappa shape index (κ1) is 12.5. The Kier molecular flexibility index (Phi) is 3.79. The molecule has 0 radical (unpaired) electrons. The highest BCUT2D eigenvalue weighted by Crippen LogP contribution is 2.39. The summed E-state index contributed by atoms with van der Waals surface area (Å²) in [4.78, 5) is 0. The minimum absolute atomic E-state index is 0.196. The summed E-state index contributed by atoms with van der Waals surface area (Å²) in [5.74, 6) is -0.196. The zero-order valence-electron chi connectivity index (χ0n) is 10.0. The SMILES string of the molecule is NCC1(Cc2ccccc2F)CCCCC1O. The summed E-state index contributed by atoms with van der Waals surface area (Å²) in [5, 5.41) is 10.2. The summed E-state index contributed by atoms with van der Waals surface area (Å²) in [6.45, 7) is 0.419. The van der Waals surface area contributed by atoms with E-state index in [1.165, 1.54) is 6.07 Å². The second-order valence-corrected chi connectivity index (χ2v) is 5.10. The maximum absolute atomic E-state index is 13.7. The fourth-order valence-corrected chi connectivity index (χ4v) is 2.83. The Morgan fingerprint density at radius 3 is 2.76 bits per heavy atom. The van der Waals surface area contributed by atoms with Gasteiger partial charge < -0.3 is 10.8 Å². The molecule has 0 heterocycles. The number of aliphatic hydroxyl groups is 1. The molecule has 1 aromatic carbocycles. The predicted molar refractivity (Wildman–Crippen MR) is 66.1 cm³/mol. The highest BCUT2D eigenvalue weighted by Gasteiger charge is 2.39. The maximum atomic E-state index is 13.7. The van der Waals surface area contributed by atoms with Crippen LogP contribution >= 0.6 is 0 Å². The summed E-state index contributed by atoms with van der Waals surface area (Å²) in [7, 11) is 0. The van der Waals surface area contributed by atoms with Crippen molar-refractivity contribution in [2.24, 2.45) is 11.1 Å². The van der Waals surface area contributed by atoms with Crippen molar-refractivity contribution < 1.29 is 9.50 Å². The van der Waals surface area contributed by atoms with E-state index in [2.05, 4.69) is 0 Å². The Bertz CT molecular complexity index is 382. The summed E-state index contributed by atoms with van der Waals surface area (Å²) in [5.41, 5.74) is 6.18. The molecule has 94 valence electrons. The number of benzene rings is 1. The zero-order chi connectivity index (χ0) is 12.3. The molecule has 3 heteroatoms. The van der Waals surface area contributed by atoms with Crippen LogP contribution in [0.15, 0.2) is 24.3 Å². The van der Waals surface area contributed by atoms with Crippen LogP contribution in [0, 0.1) is 11.2 Å². The van der Waals surface area contributed by atoms with E-state index in [0.29, 0.717) is 18.5 Å². The second kappa shape index (κ2) is 5.15. The Morgan fingerprint density at radius 1 is 1.35 bits per heavy atom. The van der Waals surface area contributed by atoms with Gasteiger partial charge in [0.05, 0.1) is 6.10 Å². The van der Waals surface area contributed by atoms with Crippen LogP contribution in [-0.2, 0) is 6.42 Å². The molecular formula is C14H20FNO. The molecule has 2 rings (SSSR count). The van der Waals surface area contributed by atoms with E-state index >= 15 is 0 Å². The van der Waals surface area contributed by atoms with Gasteiger partial charge in [0.2, 0.25) is 0 Å². The van der Waals surface area contributed by atoms with Gasteiger partial charge in [0.1, 0.15) is 5.82 Å². The molecule has 2 nitrogen and oxygen atoms in total. The van der Waals surface area contributed by atoms with Crippen LogP contribution in [0.2, 0.25) is 0 Å². The highest BCUT2D eigenvalue weighted by atomic mass is 19.1. The summed E-state index contributed by atoms with van der Waals surface area (Å²) < 4.78 is 13.7. The van der Waals surface area contributed by atoms with Gasteiger partial charge in [0.15, 0.2) is 0 Å². The number of rotatable bonds is 3. The summed E-state index contributed by atoms with van der Waals surface area (Å²) >= 11 is 0. The lowest BCUT2D eigenvalue weighted by Crippen LogP contribution is -2.45. The molecule has 3 N–H and O–H groups in total. The molecule has 1 aromatic rings. The second-order valence-electron chi connectivity index (χ2n) is 5.10. The monoisotopic (exact) mass is 237 g/mol. The molecule has 17 heavy (non-hydrogen) atoms. The van der Waals surface area contributed by atoms with Crippen LogP contribution in [0.1, 0.15) is 31.2 Å². The van der Waals surface area contributed by atoms with E-state index in [1.54, 1.807) is 12.1 Å². The quantitative estimate of drug-likeness (QED) is 0.847. The third-order valence-electron chi connectivity index (χ3n) is 4.02. The smallest absolute Gasteiger partial charge is 0.126 e. The lowest BCUT2D eigenvalue weighted by Gasteiger charge is -2.41. The van der Waals surface area contributed by atoms with Crippen molar-refractivity contribution in [2.75, 3.05) is 6.54 Å². The third-order valence-corrected chi connectivity index (χ3v) is 4.02. The number of halogens is 1.